The maximum atomic E-state index is 10.6. The molecule has 1 rings (SSSR count). The fourth-order valence-electron chi connectivity index (χ4n) is 2.10. The van der Waals surface area contributed by atoms with Crippen LogP contribution in [-0.2, 0) is 9.53 Å². The van der Waals surface area contributed by atoms with E-state index in [9.17, 15) is 4.79 Å². The zero-order chi connectivity index (χ0) is 11.8. The Morgan fingerprint density at radius 1 is 1.25 bits per heavy atom. The van der Waals surface area contributed by atoms with Crippen molar-refractivity contribution in [2.24, 2.45) is 5.92 Å². The summed E-state index contributed by atoms with van der Waals surface area (Å²) < 4.78 is 5.25. The number of carbonyl (C=O) groups is 1. The molecule has 0 aliphatic carbocycles. The molecule has 0 radical (unpaired) electrons. The van der Waals surface area contributed by atoms with Crippen molar-refractivity contribution < 1.29 is 9.53 Å². The van der Waals surface area contributed by atoms with E-state index in [1.807, 2.05) is 30.3 Å². The Bertz CT molecular complexity index is 295. The fourth-order valence-corrected chi connectivity index (χ4v) is 2.10. The molecule has 0 aliphatic heterocycles. The molecule has 0 aromatic heterocycles. The highest BCUT2D eigenvalue weighted by molar-refractivity contribution is 5.38. The summed E-state index contributed by atoms with van der Waals surface area (Å²) in [5.41, 5.74) is 1.09. The highest BCUT2D eigenvalue weighted by Crippen LogP contribution is 2.31. The Morgan fingerprint density at radius 2 is 1.94 bits per heavy atom. The normalized spacial score (nSPS) is 14.1. The van der Waals surface area contributed by atoms with Crippen molar-refractivity contribution in [3.05, 3.63) is 35.9 Å². The number of hydrogen-bond acceptors (Lipinski definition) is 2. The van der Waals surface area contributed by atoms with Gasteiger partial charge in [0.2, 0.25) is 0 Å². The van der Waals surface area contributed by atoms with Crippen LogP contribution in [0.2, 0.25) is 0 Å². The first-order valence-corrected chi connectivity index (χ1v) is 5.97. The highest BCUT2D eigenvalue weighted by Gasteiger charge is 2.22. The van der Waals surface area contributed by atoms with E-state index < -0.39 is 0 Å². The lowest BCUT2D eigenvalue weighted by Crippen LogP contribution is -2.15. The molecule has 0 fully saturated rings. The first-order valence-electron chi connectivity index (χ1n) is 5.97. The lowest BCUT2D eigenvalue weighted by molar-refractivity contribution is -0.136. The van der Waals surface area contributed by atoms with Gasteiger partial charge in [-0.15, -0.1) is 0 Å². The maximum Gasteiger partial charge on any atom is 0.293 e. The van der Waals surface area contributed by atoms with Crippen molar-refractivity contribution in [1.29, 1.82) is 0 Å². The summed E-state index contributed by atoms with van der Waals surface area (Å²) in [7, 11) is 0. The van der Waals surface area contributed by atoms with Gasteiger partial charge >= 0.3 is 0 Å². The highest BCUT2D eigenvalue weighted by atomic mass is 16.5. The van der Waals surface area contributed by atoms with Gasteiger partial charge in [-0.25, -0.2) is 0 Å². The third kappa shape index (κ3) is 3.37. The first kappa shape index (κ1) is 12.8. The van der Waals surface area contributed by atoms with Gasteiger partial charge in [-0.3, -0.25) is 4.79 Å². The topological polar surface area (TPSA) is 26.3 Å². The van der Waals surface area contributed by atoms with Crippen LogP contribution in [0.4, 0.5) is 0 Å². The van der Waals surface area contributed by atoms with Crippen LogP contribution in [-0.4, -0.2) is 6.47 Å². The third-order valence-corrected chi connectivity index (χ3v) is 2.94. The van der Waals surface area contributed by atoms with Crippen molar-refractivity contribution in [1.82, 2.24) is 0 Å². The minimum Gasteiger partial charge on any atom is -0.459 e. The van der Waals surface area contributed by atoms with Crippen molar-refractivity contribution in [2.75, 3.05) is 0 Å². The molecule has 0 saturated heterocycles. The SMILES string of the molecule is CCCC(CC)C(OC=O)c1ccccc1. The van der Waals surface area contributed by atoms with Crippen LogP contribution >= 0.6 is 0 Å². The number of carbonyl (C=O) groups excluding carboxylic acids is 1. The van der Waals surface area contributed by atoms with E-state index in [1.165, 1.54) is 0 Å². The molecule has 0 heterocycles. The van der Waals surface area contributed by atoms with Gasteiger partial charge in [0.05, 0.1) is 0 Å². The molecule has 2 heteroatoms. The van der Waals surface area contributed by atoms with Gasteiger partial charge in [0.15, 0.2) is 0 Å². The number of benzene rings is 1. The van der Waals surface area contributed by atoms with E-state index in [0.29, 0.717) is 12.4 Å². The Labute approximate surface area is 97.6 Å². The Balaban J connectivity index is 2.84. The summed E-state index contributed by atoms with van der Waals surface area (Å²) in [5.74, 6) is 0.414. The molecule has 0 amide bonds. The molecule has 0 bridgehead atoms. The summed E-state index contributed by atoms with van der Waals surface area (Å²) in [6.07, 6.45) is 3.14. The van der Waals surface area contributed by atoms with Gasteiger partial charge < -0.3 is 4.74 Å². The van der Waals surface area contributed by atoms with Crippen molar-refractivity contribution in [3.8, 4) is 0 Å². The van der Waals surface area contributed by atoms with Gasteiger partial charge in [0.25, 0.3) is 6.47 Å². The molecule has 2 unspecified atom stereocenters. The van der Waals surface area contributed by atoms with Crippen molar-refractivity contribution in [3.63, 3.8) is 0 Å². The molecule has 1 aromatic carbocycles. The van der Waals surface area contributed by atoms with Crippen LogP contribution in [0.3, 0.4) is 0 Å². The lowest BCUT2D eigenvalue weighted by atomic mass is 9.89. The summed E-state index contributed by atoms with van der Waals surface area (Å²) in [4.78, 5) is 10.6. The molecule has 88 valence electrons. The predicted molar refractivity (Wildman–Crippen MR) is 65.0 cm³/mol. The summed E-state index contributed by atoms with van der Waals surface area (Å²) in [6.45, 7) is 4.87. The van der Waals surface area contributed by atoms with Gasteiger partial charge in [0.1, 0.15) is 6.10 Å². The van der Waals surface area contributed by atoms with E-state index >= 15 is 0 Å². The number of ether oxygens (including phenoxy) is 1. The van der Waals surface area contributed by atoms with E-state index in [-0.39, 0.29) is 6.10 Å². The second-order valence-corrected chi connectivity index (χ2v) is 4.02. The molecule has 0 saturated carbocycles. The molecule has 0 spiro atoms. The zero-order valence-corrected chi connectivity index (χ0v) is 10.1. The van der Waals surface area contributed by atoms with Crippen LogP contribution in [0, 0.1) is 5.92 Å². The summed E-state index contributed by atoms with van der Waals surface area (Å²) >= 11 is 0. The fraction of sp³-hybridized carbons (Fsp3) is 0.500. The monoisotopic (exact) mass is 220 g/mol. The largest absolute Gasteiger partial charge is 0.459 e. The molecule has 0 aliphatic rings. The van der Waals surface area contributed by atoms with Crippen LogP contribution in [0.5, 0.6) is 0 Å². The van der Waals surface area contributed by atoms with E-state index in [1.54, 1.807) is 0 Å². The number of rotatable bonds is 7. The van der Waals surface area contributed by atoms with Crippen molar-refractivity contribution in [2.45, 2.75) is 39.2 Å². The van der Waals surface area contributed by atoms with Crippen molar-refractivity contribution >= 4 is 6.47 Å². The molecule has 0 N–H and O–H groups in total. The molecule has 16 heavy (non-hydrogen) atoms. The smallest absolute Gasteiger partial charge is 0.293 e. The second kappa shape index (κ2) is 7.04. The van der Waals surface area contributed by atoms with E-state index in [4.69, 9.17) is 4.74 Å². The standard InChI is InChI=1S/C14H20O2/c1-3-8-12(4-2)14(16-11-15)13-9-6-5-7-10-13/h5-7,9-12,14H,3-4,8H2,1-2H3. The minimum atomic E-state index is -0.0938. The first-order chi connectivity index (χ1) is 7.83. The third-order valence-electron chi connectivity index (χ3n) is 2.94. The molecular formula is C14H20O2. The quantitative estimate of drug-likeness (QED) is 0.654. The zero-order valence-electron chi connectivity index (χ0n) is 10.1. The lowest BCUT2D eigenvalue weighted by Gasteiger charge is -2.24. The maximum absolute atomic E-state index is 10.6. The average Bonchev–Trinajstić information content (AvgIpc) is 2.35. The molecular weight excluding hydrogens is 200 g/mol. The van der Waals surface area contributed by atoms with Gasteiger partial charge in [0, 0.05) is 0 Å². The van der Waals surface area contributed by atoms with Crippen LogP contribution in [0.25, 0.3) is 0 Å². The Kier molecular flexibility index (Phi) is 5.62. The average molecular weight is 220 g/mol. The summed E-state index contributed by atoms with van der Waals surface area (Å²) in [5, 5.41) is 0. The van der Waals surface area contributed by atoms with Gasteiger partial charge in [-0.2, -0.15) is 0 Å². The predicted octanol–water partition coefficient (Wildman–Crippen LogP) is 3.73. The van der Waals surface area contributed by atoms with Gasteiger partial charge in [-0.05, 0) is 24.3 Å². The molecule has 2 atom stereocenters. The number of hydrogen-bond donors (Lipinski definition) is 0. The second-order valence-electron chi connectivity index (χ2n) is 4.02. The van der Waals surface area contributed by atoms with Gasteiger partial charge in [-0.1, -0.05) is 50.6 Å². The minimum absolute atomic E-state index is 0.0938. The molecule has 1 aromatic rings. The summed E-state index contributed by atoms with van der Waals surface area (Å²) in [6, 6.07) is 9.98. The molecule has 2 nitrogen and oxygen atoms in total. The Morgan fingerprint density at radius 3 is 2.44 bits per heavy atom. The van der Waals surface area contributed by atoms with E-state index in [0.717, 1.165) is 24.8 Å². The van der Waals surface area contributed by atoms with E-state index in [2.05, 4.69) is 13.8 Å². The van der Waals surface area contributed by atoms with Crippen LogP contribution in [0.1, 0.15) is 44.8 Å². The Hall–Kier alpha value is -1.31. The van der Waals surface area contributed by atoms with Crippen LogP contribution < -0.4 is 0 Å². The van der Waals surface area contributed by atoms with Crippen LogP contribution in [0.15, 0.2) is 30.3 Å².